The molecule has 0 fully saturated rings. The average Bonchev–Trinajstić information content (AvgIpc) is 2.63. The monoisotopic (exact) mass is 178 g/mol. The Labute approximate surface area is 75.9 Å². The lowest BCUT2D eigenvalue weighted by Crippen LogP contribution is -1.89. The Morgan fingerprint density at radius 1 is 1.08 bits per heavy atom. The number of benzene rings is 1. The predicted molar refractivity (Wildman–Crippen MR) is 49.3 cm³/mol. The van der Waals surface area contributed by atoms with Crippen LogP contribution < -0.4 is 9.47 Å². The van der Waals surface area contributed by atoms with Gasteiger partial charge in [-0.2, -0.15) is 0 Å². The van der Waals surface area contributed by atoms with Crippen LogP contribution in [-0.2, 0) is 0 Å². The van der Waals surface area contributed by atoms with Crippen molar-refractivity contribution in [2.24, 2.45) is 0 Å². The van der Waals surface area contributed by atoms with Gasteiger partial charge in [0.1, 0.15) is 0 Å². The minimum absolute atomic E-state index is 0.644. The molecule has 3 heteroatoms. The first kappa shape index (κ1) is 7.98. The maximum absolute atomic E-state index is 5.28. The quantitative estimate of drug-likeness (QED) is 0.707. The van der Waals surface area contributed by atoms with E-state index in [1.807, 2.05) is 18.2 Å². The lowest BCUT2D eigenvalue weighted by atomic mass is 10.2. The Kier molecular flexibility index (Phi) is 1.85. The smallest absolute Gasteiger partial charge is 0.204 e. The zero-order valence-corrected chi connectivity index (χ0v) is 7.53. The maximum Gasteiger partial charge on any atom is 0.204 e. The van der Waals surface area contributed by atoms with E-state index in [0.717, 1.165) is 11.0 Å². The van der Waals surface area contributed by atoms with Gasteiger partial charge in [-0.3, -0.25) is 0 Å². The summed E-state index contributed by atoms with van der Waals surface area (Å²) in [7, 11) is 3.20. The van der Waals surface area contributed by atoms with Crippen LogP contribution in [0.4, 0.5) is 0 Å². The highest BCUT2D eigenvalue weighted by atomic mass is 16.5. The Balaban J connectivity index is 2.74. The molecule has 1 heterocycles. The van der Waals surface area contributed by atoms with Crippen molar-refractivity contribution in [1.29, 1.82) is 0 Å². The van der Waals surface area contributed by atoms with Crippen molar-refractivity contribution >= 4 is 11.0 Å². The van der Waals surface area contributed by atoms with Crippen LogP contribution in [0.3, 0.4) is 0 Å². The molecule has 0 N–H and O–H groups in total. The van der Waals surface area contributed by atoms with Crippen LogP contribution in [0.5, 0.6) is 11.5 Å². The first-order valence-electron chi connectivity index (χ1n) is 3.95. The summed E-state index contributed by atoms with van der Waals surface area (Å²) < 4.78 is 15.6. The summed E-state index contributed by atoms with van der Waals surface area (Å²) >= 11 is 0. The first-order chi connectivity index (χ1) is 6.36. The van der Waals surface area contributed by atoms with Crippen molar-refractivity contribution in [3.8, 4) is 11.5 Å². The first-order valence-corrected chi connectivity index (χ1v) is 3.95. The van der Waals surface area contributed by atoms with E-state index in [2.05, 4.69) is 0 Å². The van der Waals surface area contributed by atoms with Crippen molar-refractivity contribution < 1.29 is 13.9 Å². The third-order valence-electron chi connectivity index (χ3n) is 1.96. The number of hydrogen-bond donors (Lipinski definition) is 0. The Morgan fingerprint density at radius 2 is 1.92 bits per heavy atom. The molecule has 68 valence electrons. The number of ether oxygens (including phenoxy) is 2. The van der Waals surface area contributed by atoms with Gasteiger partial charge in [-0.15, -0.1) is 0 Å². The van der Waals surface area contributed by atoms with Crippen molar-refractivity contribution in [2.45, 2.75) is 0 Å². The van der Waals surface area contributed by atoms with Gasteiger partial charge in [-0.1, -0.05) is 0 Å². The van der Waals surface area contributed by atoms with Crippen LogP contribution in [0.1, 0.15) is 0 Å². The molecule has 2 aromatic rings. The van der Waals surface area contributed by atoms with Crippen LogP contribution in [-0.4, -0.2) is 14.2 Å². The van der Waals surface area contributed by atoms with Gasteiger partial charge in [0.25, 0.3) is 0 Å². The molecule has 0 amide bonds. The molecule has 3 nitrogen and oxygen atoms in total. The third-order valence-corrected chi connectivity index (χ3v) is 1.96. The van der Waals surface area contributed by atoms with E-state index in [1.165, 1.54) is 0 Å². The highest BCUT2D eigenvalue weighted by Crippen LogP contribution is 2.35. The fourth-order valence-corrected chi connectivity index (χ4v) is 1.34. The molecule has 1 aromatic heterocycles. The molecule has 0 saturated heterocycles. The summed E-state index contributed by atoms with van der Waals surface area (Å²) in [5, 5.41) is 1.01. The van der Waals surface area contributed by atoms with Gasteiger partial charge >= 0.3 is 0 Å². The van der Waals surface area contributed by atoms with E-state index in [-0.39, 0.29) is 0 Å². The van der Waals surface area contributed by atoms with Crippen molar-refractivity contribution in [2.75, 3.05) is 14.2 Å². The largest absolute Gasteiger partial charge is 0.493 e. The summed E-state index contributed by atoms with van der Waals surface area (Å²) in [4.78, 5) is 0. The molecule has 13 heavy (non-hydrogen) atoms. The number of methoxy groups -OCH3 is 2. The van der Waals surface area contributed by atoms with E-state index < -0.39 is 0 Å². The second-order valence-electron chi connectivity index (χ2n) is 2.64. The minimum Gasteiger partial charge on any atom is -0.493 e. The van der Waals surface area contributed by atoms with Gasteiger partial charge in [-0.25, -0.2) is 0 Å². The highest BCUT2D eigenvalue weighted by Gasteiger charge is 2.10. The van der Waals surface area contributed by atoms with E-state index in [0.29, 0.717) is 11.5 Å². The second-order valence-corrected chi connectivity index (χ2v) is 2.64. The summed E-state index contributed by atoms with van der Waals surface area (Å²) in [5.41, 5.74) is 0.724. The molecule has 0 spiro atoms. The van der Waals surface area contributed by atoms with Crippen LogP contribution in [0.15, 0.2) is 28.9 Å². The summed E-state index contributed by atoms with van der Waals surface area (Å²) in [5.74, 6) is 1.33. The van der Waals surface area contributed by atoms with E-state index in [1.54, 1.807) is 20.5 Å². The molecule has 0 bridgehead atoms. The van der Waals surface area contributed by atoms with E-state index in [4.69, 9.17) is 13.9 Å². The van der Waals surface area contributed by atoms with Crippen LogP contribution >= 0.6 is 0 Å². The van der Waals surface area contributed by atoms with Gasteiger partial charge in [0.05, 0.1) is 20.5 Å². The molecule has 0 atom stereocenters. The molecule has 1 aromatic carbocycles. The standard InChI is InChI=1S/C10H10O3/c1-11-8-4-3-7-5-6-13-9(7)10(8)12-2/h3-6H,1-2H3. The van der Waals surface area contributed by atoms with E-state index in [9.17, 15) is 0 Å². The minimum atomic E-state index is 0.644. The number of fused-ring (bicyclic) bond motifs is 1. The van der Waals surface area contributed by atoms with Crippen LogP contribution in [0.2, 0.25) is 0 Å². The second kappa shape index (κ2) is 3.01. The van der Waals surface area contributed by atoms with Crippen LogP contribution in [0.25, 0.3) is 11.0 Å². The topological polar surface area (TPSA) is 31.6 Å². The van der Waals surface area contributed by atoms with Gasteiger partial charge in [-0.05, 0) is 18.2 Å². The Hall–Kier alpha value is -1.64. The van der Waals surface area contributed by atoms with E-state index >= 15 is 0 Å². The van der Waals surface area contributed by atoms with Crippen molar-refractivity contribution in [1.82, 2.24) is 0 Å². The van der Waals surface area contributed by atoms with Gasteiger partial charge in [0, 0.05) is 5.39 Å². The molecular formula is C10H10O3. The third kappa shape index (κ3) is 1.13. The number of rotatable bonds is 2. The van der Waals surface area contributed by atoms with Gasteiger partial charge in [0.15, 0.2) is 11.3 Å². The SMILES string of the molecule is COc1ccc2ccoc2c1OC. The summed E-state index contributed by atoms with van der Waals surface area (Å²) in [6, 6.07) is 5.67. The van der Waals surface area contributed by atoms with Gasteiger partial charge < -0.3 is 13.9 Å². The summed E-state index contributed by atoms with van der Waals surface area (Å²) in [6.07, 6.45) is 1.63. The zero-order chi connectivity index (χ0) is 9.26. The average molecular weight is 178 g/mol. The predicted octanol–water partition coefficient (Wildman–Crippen LogP) is 2.45. The maximum atomic E-state index is 5.28. The number of furan rings is 1. The van der Waals surface area contributed by atoms with Gasteiger partial charge in [0.2, 0.25) is 5.75 Å². The highest BCUT2D eigenvalue weighted by molar-refractivity contribution is 5.85. The molecule has 0 saturated carbocycles. The van der Waals surface area contributed by atoms with Crippen LogP contribution in [0, 0.1) is 0 Å². The Morgan fingerprint density at radius 3 is 2.62 bits per heavy atom. The molecule has 0 unspecified atom stereocenters. The molecule has 0 aliphatic carbocycles. The summed E-state index contributed by atoms with van der Waals surface area (Å²) in [6.45, 7) is 0. The Bertz CT molecular complexity index is 417. The molecule has 0 aliphatic rings. The molecule has 2 rings (SSSR count). The number of hydrogen-bond acceptors (Lipinski definition) is 3. The molecule has 0 radical (unpaired) electrons. The normalized spacial score (nSPS) is 10.3. The lowest BCUT2D eigenvalue weighted by molar-refractivity contribution is 0.353. The lowest BCUT2D eigenvalue weighted by Gasteiger charge is -2.06. The van der Waals surface area contributed by atoms with Crippen molar-refractivity contribution in [3.05, 3.63) is 24.5 Å². The fraction of sp³-hybridized carbons (Fsp3) is 0.200. The molecular weight excluding hydrogens is 168 g/mol. The molecule has 0 aliphatic heterocycles. The fourth-order valence-electron chi connectivity index (χ4n) is 1.34. The van der Waals surface area contributed by atoms with Crippen molar-refractivity contribution in [3.63, 3.8) is 0 Å². The zero-order valence-electron chi connectivity index (χ0n) is 7.53.